The molecule has 2 heterocycles. The number of fused-ring (bicyclic) bond motifs is 1. The van der Waals surface area contributed by atoms with Gasteiger partial charge in [-0.25, -0.2) is 13.4 Å². The summed E-state index contributed by atoms with van der Waals surface area (Å²) in [6.07, 6.45) is 5.36. The number of thioether (sulfide) groups is 1. The number of rotatable bonds is 5. The third kappa shape index (κ3) is 4.21. The Morgan fingerprint density at radius 3 is 2.69 bits per heavy atom. The maximum absolute atomic E-state index is 12.2. The topological polar surface area (TPSA) is 99.9 Å². The van der Waals surface area contributed by atoms with E-state index in [1.807, 2.05) is 0 Å². The van der Waals surface area contributed by atoms with Crippen molar-refractivity contribution in [1.82, 2.24) is 10.3 Å². The maximum Gasteiger partial charge on any atom is 0.230 e. The van der Waals surface area contributed by atoms with Crippen LogP contribution in [0.1, 0.15) is 48.6 Å². The van der Waals surface area contributed by atoms with Crippen LogP contribution in [0.25, 0.3) is 0 Å². The number of nitrogens with one attached hydrogen (secondary N) is 1. The minimum Gasteiger partial charge on any atom is -0.352 e. The SMILES string of the molecule is CCc1nc(SCC(=O)N[C@@H]2CCS(=O)(=O)C2)c(C#N)c2c1CCCC2. The molecular weight excluding hydrogens is 370 g/mol. The average molecular weight is 394 g/mol. The van der Waals surface area contributed by atoms with Crippen molar-refractivity contribution in [3.8, 4) is 6.07 Å². The van der Waals surface area contributed by atoms with Gasteiger partial charge in [-0.1, -0.05) is 18.7 Å². The van der Waals surface area contributed by atoms with Gasteiger partial charge >= 0.3 is 0 Å². The van der Waals surface area contributed by atoms with Gasteiger partial charge in [0.1, 0.15) is 11.1 Å². The summed E-state index contributed by atoms with van der Waals surface area (Å²) in [5.41, 5.74) is 3.97. The highest BCUT2D eigenvalue weighted by Crippen LogP contribution is 2.32. The number of carbonyl (C=O) groups is 1. The molecule has 0 bridgehead atoms. The molecule has 0 aromatic carbocycles. The highest BCUT2D eigenvalue weighted by atomic mass is 32.2. The molecule has 140 valence electrons. The van der Waals surface area contributed by atoms with Gasteiger partial charge in [-0.3, -0.25) is 4.79 Å². The highest BCUT2D eigenvalue weighted by molar-refractivity contribution is 8.00. The summed E-state index contributed by atoms with van der Waals surface area (Å²) < 4.78 is 23.0. The van der Waals surface area contributed by atoms with E-state index in [0.717, 1.165) is 43.4 Å². The smallest absolute Gasteiger partial charge is 0.230 e. The first-order valence-electron chi connectivity index (χ1n) is 9.00. The molecule has 1 aromatic rings. The fourth-order valence-corrected chi connectivity index (χ4v) is 6.21. The van der Waals surface area contributed by atoms with Crippen molar-refractivity contribution in [3.05, 3.63) is 22.4 Å². The second-order valence-electron chi connectivity index (χ2n) is 6.82. The normalized spacial score (nSPS) is 21.0. The van der Waals surface area contributed by atoms with Crippen molar-refractivity contribution in [1.29, 1.82) is 5.26 Å². The lowest BCUT2D eigenvalue weighted by Crippen LogP contribution is -2.36. The molecule has 1 aliphatic carbocycles. The Morgan fingerprint density at radius 2 is 2.08 bits per heavy atom. The van der Waals surface area contributed by atoms with Gasteiger partial charge in [0.15, 0.2) is 9.84 Å². The Bertz CT molecular complexity index is 859. The predicted octanol–water partition coefficient (Wildman–Crippen LogP) is 1.79. The molecule has 6 nitrogen and oxygen atoms in total. The molecule has 0 radical (unpaired) electrons. The van der Waals surface area contributed by atoms with Crippen LogP contribution in [0.2, 0.25) is 0 Å². The summed E-state index contributed by atoms with van der Waals surface area (Å²) in [5.74, 6) is 0.0820. The van der Waals surface area contributed by atoms with Crippen molar-refractivity contribution in [3.63, 3.8) is 0 Å². The van der Waals surface area contributed by atoms with Crippen molar-refractivity contribution < 1.29 is 13.2 Å². The molecule has 26 heavy (non-hydrogen) atoms. The molecule has 0 spiro atoms. The second-order valence-corrected chi connectivity index (χ2v) is 10.0. The number of aryl methyl sites for hydroxylation is 1. The van der Waals surface area contributed by atoms with Crippen molar-refractivity contribution in [2.24, 2.45) is 0 Å². The number of carbonyl (C=O) groups excluding carboxylic acids is 1. The average Bonchev–Trinajstić information content (AvgIpc) is 2.97. The summed E-state index contributed by atoms with van der Waals surface area (Å²) in [5, 5.41) is 13.0. The number of nitriles is 1. The molecule has 2 aliphatic rings. The van der Waals surface area contributed by atoms with Crippen LogP contribution in [0.3, 0.4) is 0 Å². The van der Waals surface area contributed by atoms with E-state index in [0.29, 0.717) is 17.0 Å². The number of pyridine rings is 1. The standard InChI is InChI=1S/C18H23N3O3S2/c1-2-16-14-6-4-3-5-13(14)15(9-19)18(21-16)25-10-17(22)20-12-7-8-26(23,24)11-12/h12H,2-8,10-11H2,1H3,(H,20,22)/t12-/m1/s1. The summed E-state index contributed by atoms with van der Waals surface area (Å²) in [4.78, 5) is 16.9. The molecule has 1 N–H and O–H groups in total. The van der Waals surface area contributed by atoms with E-state index in [1.54, 1.807) is 0 Å². The van der Waals surface area contributed by atoms with Gasteiger partial charge in [0.05, 0.1) is 22.8 Å². The molecule has 1 aromatic heterocycles. The van der Waals surface area contributed by atoms with Gasteiger partial charge in [0.25, 0.3) is 0 Å². The molecular formula is C18H23N3O3S2. The largest absolute Gasteiger partial charge is 0.352 e. The van der Waals surface area contributed by atoms with Crippen LogP contribution in [-0.2, 0) is 33.9 Å². The molecule has 0 unspecified atom stereocenters. The summed E-state index contributed by atoms with van der Waals surface area (Å²) in [7, 11) is -3.02. The molecule has 1 fully saturated rings. The number of amides is 1. The van der Waals surface area contributed by atoms with E-state index in [2.05, 4.69) is 23.3 Å². The molecule has 1 atom stereocenters. The van der Waals surface area contributed by atoms with Crippen LogP contribution < -0.4 is 5.32 Å². The lowest BCUT2D eigenvalue weighted by molar-refractivity contribution is -0.119. The van der Waals surface area contributed by atoms with Gasteiger partial charge < -0.3 is 5.32 Å². The van der Waals surface area contributed by atoms with Gasteiger partial charge in [-0.15, -0.1) is 0 Å². The fraction of sp³-hybridized carbons (Fsp3) is 0.611. The number of nitrogens with zero attached hydrogens (tertiary/aromatic N) is 2. The van der Waals surface area contributed by atoms with E-state index in [1.165, 1.54) is 17.3 Å². The van der Waals surface area contributed by atoms with Crippen molar-refractivity contribution >= 4 is 27.5 Å². The Hall–Kier alpha value is -1.59. The molecule has 1 amide bonds. The van der Waals surface area contributed by atoms with Gasteiger partial charge in [0, 0.05) is 11.7 Å². The van der Waals surface area contributed by atoms with Crippen LogP contribution in [0.4, 0.5) is 0 Å². The van der Waals surface area contributed by atoms with Crippen LogP contribution in [-0.4, -0.2) is 42.6 Å². The lowest BCUT2D eigenvalue weighted by Gasteiger charge is -2.21. The van der Waals surface area contributed by atoms with Crippen molar-refractivity contribution in [2.45, 2.75) is 56.5 Å². The quantitative estimate of drug-likeness (QED) is 0.766. The third-order valence-corrected chi connectivity index (χ3v) is 7.70. The molecule has 3 rings (SSSR count). The van der Waals surface area contributed by atoms with E-state index in [4.69, 9.17) is 0 Å². The van der Waals surface area contributed by atoms with Gasteiger partial charge in [0.2, 0.25) is 5.91 Å². The van der Waals surface area contributed by atoms with E-state index >= 15 is 0 Å². The summed E-state index contributed by atoms with van der Waals surface area (Å²) in [6.45, 7) is 2.06. The van der Waals surface area contributed by atoms with E-state index < -0.39 is 9.84 Å². The number of sulfone groups is 1. The van der Waals surface area contributed by atoms with Gasteiger partial charge in [-0.05, 0) is 49.7 Å². The predicted molar refractivity (Wildman–Crippen MR) is 101 cm³/mol. The second kappa shape index (κ2) is 7.97. The zero-order chi connectivity index (χ0) is 18.7. The third-order valence-electron chi connectivity index (χ3n) is 4.95. The first-order valence-corrected chi connectivity index (χ1v) is 11.8. The number of aromatic nitrogens is 1. The molecule has 1 aliphatic heterocycles. The number of hydrogen-bond acceptors (Lipinski definition) is 6. The maximum atomic E-state index is 12.2. The Labute approximate surface area is 158 Å². The highest BCUT2D eigenvalue weighted by Gasteiger charge is 2.29. The van der Waals surface area contributed by atoms with E-state index in [-0.39, 0.29) is 29.2 Å². The van der Waals surface area contributed by atoms with Crippen molar-refractivity contribution in [2.75, 3.05) is 17.3 Å². The monoisotopic (exact) mass is 393 g/mol. The zero-order valence-corrected chi connectivity index (χ0v) is 16.5. The van der Waals surface area contributed by atoms with Crippen LogP contribution in [0, 0.1) is 11.3 Å². The Morgan fingerprint density at radius 1 is 1.35 bits per heavy atom. The van der Waals surface area contributed by atoms with Gasteiger partial charge in [-0.2, -0.15) is 5.26 Å². The zero-order valence-electron chi connectivity index (χ0n) is 14.9. The van der Waals surface area contributed by atoms with E-state index in [9.17, 15) is 18.5 Å². The Balaban J connectivity index is 1.71. The fourth-order valence-electron chi connectivity index (χ4n) is 3.70. The molecule has 1 saturated heterocycles. The minimum atomic E-state index is -3.02. The molecule has 0 saturated carbocycles. The first kappa shape index (κ1) is 19.2. The minimum absolute atomic E-state index is 0.0178. The Kier molecular flexibility index (Phi) is 5.88. The summed E-state index contributed by atoms with van der Waals surface area (Å²) >= 11 is 1.27. The molecule has 8 heteroatoms. The first-order chi connectivity index (χ1) is 12.4. The number of hydrogen-bond donors (Lipinski definition) is 1. The van der Waals surface area contributed by atoms with Crippen LogP contribution in [0.15, 0.2) is 5.03 Å². The lowest BCUT2D eigenvalue weighted by atomic mass is 9.87. The van der Waals surface area contributed by atoms with Crippen LogP contribution >= 0.6 is 11.8 Å². The summed E-state index contributed by atoms with van der Waals surface area (Å²) in [6, 6.07) is 1.99. The van der Waals surface area contributed by atoms with Crippen LogP contribution in [0.5, 0.6) is 0 Å².